The lowest BCUT2D eigenvalue weighted by Gasteiger charge is -2.11. The van der Waals surface area contributed by atoms with Gasteiger partial charge in [0.1, 0.15) is 6.10 Å². The Balaban J connectivity index is 0.00000200. The van der Waals surface area contributed by atoms with Crippen molar-refractivity contribution in [2.45, 2.75) is 26.1 Å². The average molecular weight is 320 g/mol. The van der Waals surface area contributed by atoms with Crippen LogP contribution in [0.5, 0.6) is 0 Å². The Labute approximate surface area is 127 Å². The van der Waals surface area contributed by atoms with E-state index in [-0.39, 0.29) is 18.5 Å². The van der Waals surface area contributed by atoms with E-state index in [4.69, 9.17) is 15.0 Å². The summed E-state index contributed by atoms with van der Waals surface area (Å²) in [5, 5.41) is 4.46. The molecule has 0 fully saturated rings. The zero-order valence-corrected chi connectivity index (χ0v) is 13.2. The van der Waals surface area contributed by atoms with Crippen molar-refractivity contribution in [1.29, 1.82) is 0 Å². The Hall–Kier alpha value is -1.22. The molecule has 9 heteroatoms. The second kappa shape index (κ2) is 7.53. The molecule has 0 spiro atoms. The molecule has 20 heavy (non-hydrogen) atoms. The summed E-state index contributed by atoms with van der Waals surface area (Å²) in [5.41, 5.74) is 5.59. The van der Waals surface area contributed by atoms with Crippen LogP contribution in [0.1, 0.15) is 29.6 Å². The van der Waals surface area contributed by atoms with Gasteiger partial charge in [-0.3, -0.25) is 4.90 Å². The summed E-state index contributed by atoms with van der Waals surface area (Å²) in [7, 11) is 3.58. The highest BCUT2D eigenvalue weighted by Gasteiger charge is 2.14. The zero-order chi connectivity index (χ0) is 13.8. The number of nitrogens with zero attached hydrogens (tertiary/aromatic N) is 4. The van der Waals surface area contributed by atoms with Crippen LogP contribution in [0.3, 0.4) is 0 Å². The maximum atomic E-state index is 5.59. The Morgan fingerprint density at radius 1 is 1.50 bits per heavy atom. The number of nitrogen functional groups attached to an aromatic ring is 1. The smallest absolute Gasteiger partial charge is 0.240 e. The molecule has 0 bridgehead atoms. The molecule has 0 aliphatic carbocycles. The molecule has 2 aromatic heterocycles. The number of hydrogen-bond acceptors (Lipinski definition) is 8. The molecule has 2 N–H and O–H groups in total. The Morgan fingerprint density at radius 3 is 2.85 bits per heavy atom. The molecule has 0 radical (unpaired) electrons. The summed E-state index contributed by atoms with van der Waals surface area (Å²) in [6, 6.07) is 0. The van der Waals surface area contributed by atoms with Crippen LogP contribution in [0.2, 0.25) is 0 Å². The van der Waals surface area contributed by atoms with Gasteiger partial charge in [0.2, 0.25) is 5.89 Å². The Kier molecular flexibility index (Phi) is 6.34. The first-order valence-electron chi connectivity index (χ1n) is 5.82. The van der Waals surface area contributed by atoms with E-state index in [1.54, 1.807) is 13.3 Å². The first-order chi connectivity index (χ1) is 9.08. The number of hydrogen-bond donors (Lipinski definition) is 1. The van der Waals surface area contributed by atoms with Gasteiger partial charge < -0.3 is 15.0 Å². The maximum absolute atomic E-state index is 5.59. The van der Waals surface area contributed by atoms with E-state index in [9.17, 15) is 0 Å². The van der Waals surface area contributed by atoms with Crippen molar-refractivity contribution in [2.24, 2.45) is 0 Å². The van der Waals surface area contributed by atoms with E-state index >= 15 is 0 Å². The molecule has 0 aliphatic heterocycles. The Morgan fingerprint density at radius 2 is 2.25 bits per heavy atom. The van der Waals surface area contributed by atoms with Crippen LogP contribution in [0, 0.1) is 0 Å². The monoisotopic (exact) mass is 319 g/mol. The largest absolute Gasteiger partial charge is 0.375 e. The molecule has 2 heterocycles. The predicted octanol–water partition coefficient (Wildman–Crippen LogP) is 1.87. The summed E-state index contributed by atoms with van der Waals surface area (Å²) >= 11 is 1.48. The van der Waals surface area contributed by atoms with Gasteiger partial charge in [-0.15, -0.1) is 23.7 Å². The fourth-order valence-electron chi connectivity index (χ4n) is 1.55. The standard InChI is InChI=1S/C11H17N5O2S.ClH/c1-7(17-3)10-14-9(18-15-10)6-16(2)5-8-4-13-11(12)19-8;/h4,7H,5-6H2,1-3H3,(H2,12,13);1H. The van der Waals surface area contributed by atoms with Crippen molar-refractivity contribution in [3.63, 3.8) is 0 Å². The number of ether oxygens (including phenoxy) is 1. The number of halogens is 1. The molecule has 0 aromatic carbocycles. The number of rotatable bonds is 6. The van der Waals surface area contributed by atoms with E-state index < -0.39 is 0 Å². The molecule has 7 nitrogen and oxygen atoms in total. The normalized spacial score (nSPS) is 12.4. The number of anilines is 1. The van der Waals surface area contributed by atoms with Gasteiger partial charge in [-0.25, -0.2) is 4.98 Å². The molecule has 0 saturated carbocycles. The highest BCUT2D eigenvalue weighted by Crippen LogP contribution is 2.17. The van der Waals surface area contributed by atoms with E-state index in [1.165, 1.54) is 11.3 Å². The molecule has 2 rings (SSSR count). The van der Waals surface area contributed by atoms with Crippen molar-refractivity contribution in [2.75, 3.05) is 19.9 Å². The number of nitrogens with two attached hydrogens (primary N) is 1. The van der Waals surface area contributed by atoms with Crippen LogP contribution in [0.4, 0.5) is 5.13 Å². The second-order valence-corrected chi connectivity index (χ2v) is 5.41. The highest BCUT2D eigenvalue weighted by atomic mass is 35.5. The third kappa shape index (κ3) is 4.41. The number of methoxy groups -OCH3 is 1. The first-order valence-corrected chi connectivity index (χ1v) is 6.64. The summed E-state index contributed by atoms with van der Waals surface area (Å²) in [5.74, 6) is 1.13. The molecule has 1 atom stereocenters. The highest BCUT2D eigenvalue weighted by molar-refractivity contribution is 7.15. The maximum Gasteiger partial charge on any atom is 0.240 e. The van der Waals surface area contributed by atoms with E-state index in [0.717, 1.165) is 11.4 Å². The van der Waals surface area contributed by atoms with Crippen LogP contribution in [0.25, 0.3) is 0 Å². The first kappa shape index (κ1) is 16.8. The molecule has 2 aromatic rings. The van der Waals surface area contributed by atoms with Gasteiger partial charge in [-0.2, -0.15) is 4.98 Å². The summed E-state index contributed by atoms with van der Waals surface area (Å²) in [4.78, 5) is 11.5. The molecule has 0 saturated heterocycles. The van der Waals surface area contributed by atoms with Crippen LogP contribution in [0.15, 0.2) is 10.7 Å². The van der Waals surface area contributed by atoms with Crippen molar-refractivity contribution >= 4 is 28.9 Å². The minimum Gasteiger partial charge on any atom is -0.375 e. The zero-order valence-electron chi connectivity index (χ0n) is 11.6. The van der Waals surface area contributed by atoms with Crippen LogP contribution in [-0.2, 0) is 17.8 Å². The van der Waals surface area contributed by atoms with Crippen molar-refractivity contribution < 1.29 is 9.26 Å². The van der Waals surface area contributed by atoms with Crippen molar-refractivity contribution in [3.05, 3.63) is 22.8 Å². The number of thiazole rings is 1. The third-order valence-corrected chi connectivity index (χ3v) is 3.41. The lowest BCUT2D eigenvalue weighted by molar-refractivity contribution is 0.109. The van der Waals surface area contributed by atoms with Gasteiger partial charge in [-0.05, 0) is 14.0 Å². The van der Waals surface area contributed by atoms with Gasteiger partial charge in [-0.1, -0.05) is 5.16 Å². The SMILES string of the molecule is COC(C)c1noc(CN(C)Cc2cnc(N)s2)n1.Cl. The number of aromatic nitrogens is 3. The van der Waals surface area contributed by atoms with Crippen LogP contribution in [-0.4, -0.2) is 34.2 Å². The Bertz CT molecular complexity index is 532. The average Bonchev–Trinajstić information content (AvgIpc) is 2.98. The molecular weight excluding hydrogens is 302 g/mol. The van der Waals surface area contributed by atoms with Crippen LogP contribution >= 0.6 is 23.7 Å². The van der Waals surface area contributed by atoms with Gasteiger partial charge in [0.05, 0.1) is 6.54 Å². The van der Waals surface area contributed by atoms with E-state index in [2.05, 4.69) is 20.0 Å². The minimum absolute atomic E-state index is 0. The third-order valence-electron chi connectivity index (χ3n) is 2.60. The second-order valence-electron chi connectivity index (χ2n) is 4.26. The predicted molar refractivity (Wildman–Crippen MR) is 78.7 cm³/mol. The van der Waals surface area contributed by atoms with E-state index in [1.807, 2.05) is 14.0 Å². The molecule has 0 aliphatic rings. The molecule has 112 valence electrons. The summed E-state index contributed by atoms with van der Waals surface area (Å²) < 4.78 is 10.3. The summed E-state index contributed by atoms with van der Waals surface area (Å²) in [6.45, 7) is 3.19. The van der Waals surface area contributed by atoms with Crippen molar-refractivity contribution in [3.8, 4) is 0 Å². The summed E-state index contributed by atoms with van der Waals surface area (Å²) in [6.07, 6.45) is 1.62. The van der Waals surface area contributed by atoms with Crippen LogP contribution < -0.4 is 5.73 Å². The molecular formula is C11H18ClN5O2S. The fourth-order valence-corrected chi connectivity index (χ4v) is 2.32. The quantitative estimate of drug-likeness (QED) is 0.869. The lowest BCUT2D eigenvalue weighted by atomic mass is 10.4. The lowest BCUT2D eigenvalue weighted by Crippen LogP contribution is -2.16. The van der Waals surface area contributed by atoms with Gasteiger partial charge >= 0.3 is 0 Å². The fraction of sp³-hybridized carbons (Fsp3) is 0.545. The van der Waals surface area contributed by atoms with Gasteiger partial charge in [0.25, 0.3) is 0 Å². The molecule has 1 unspecified atom stereocenters. The van der Waals surface area contributed by atoms with Gasteiger partial charge in [0.15, 0.2) is 11.0 Å². The molecule has 0 amide bonds. The topological polar surface area (TPSA) is 90.3 Å². The van der Waals surface area contributed by atoms with Gasteiger partial charge in [0, 0.05) is 24.7 Å². The van der Waals surface area contributed by atoms with E-state index in [0.29, 0.717) is 23.4 Å². The van der Waals surface area contributed by atoms with Crippen molar-refractivity contribution in [1.82, 2.24) is 20.0 Å². The minimum atomic E-state index is -0.163.